The third-order valence-electron chi connectivity index (χ3n) is 4.29. The first-order valence-corrected chi connectivity index (χ1v) is 7.86. The van der Waals surface area contributed by atoms with E-state index in [0.717, 1.165) is 48.4 Å². The predicted octanol–water partition coefficient (Wildman–Crippen LogP) is 3.87. The summed E-state index contributed by atoms with van der Waals surface area (Å²) in [6.07, 6.45) is 2.12. The summed E-state index contributed by atoms with van der Waals surface area (Å²) < 4.78 is 0. The summed E-state index contributed by atoms with van der Waals surface area (Å²) >= 11 is 0. The Kier molecular flexibility index (Phi) is 4.14. The summed E-state index contributed by atoms with van der Waals surface area (Å²) in [6.45, 7) is 3.89. The van der Waals surface area contributed by atoms with Gasteiger partial charge in [0.2, 0.25) is 0 Å². The van der Waals surface area contributed by atoms with Crippen molar-refractivity contribution in [1.82, 2.24) is 0 Å². The van der Waals surface area contributed by atoms with Gasteiger partial charge in [-0.2, -0.15) is 0 Å². The number of benzene rings is 2. The zero-order valence-corrected chi connectivity index (χ0v) is 13.2. The molecule has 0 bridgehead atoms. The molecule has 22 heavy (non-hydrogen) atoms. The van der Waals surface area contributed by atoms with E-state index in [9.17, 15) is 4.79 Å². The van der Waals surface area contributed by atoms with Gasteiger partial charge in [0.05, 0.1) is 11.4 Å². The van der Waals surface area contributed by atoms with Crippen molar-refractivity contribution in [3.05, 3.63) is 59.7 Å². The lowest BCUT2D eigenvalue weighted by atomic mass is 10.1. The van der Waals surface area contributed by atoms with E-state index in [0.29, 0.717) is 0 Å². The minimum absolute atomic E-state index is 0.0893. The molecular weight excluding hydrogens is 272 g/mol. The molecule has 3 heteroatoms. The zero-order valence-electron chi connectivity index (χ0n) is 13.2. The van der Waals surface area contributed by atoms with Crippen LogP contribution >= 0.6 is 0 Å². The highest BCUT2D eigenvalue weighted by Gasteiger charge is 2.24. The lowest BCUT2D eigenvalue weighted by molar-refractivity contribution is 0.0986. The Bertz CT molecular complexity index is 666. The maximum atomic E-state index is 13.0. The molecule has 2 aromatic carbocycles. The summed E-state index contributed by atoms with van der Waals surface area (Å²) in [5.41, 5.74) is 4.10. The zero-order chi connectivity index (χ0) is 15.5. The van der Waals surface area contributed by atoms with E-state index in [1.165, 1.54) is 0 Å². The fourth-order valence-electron chi connectivity index (χ4n) is 3.09. The van der Waals surface area contributed by atoms with Crippen molar-refractivity contribution in [3.8, 4) is 0 Å². The van der Waals surface area contributed by atoms with Crippen molar-refractivity contribution in [1.29, 1.82) is 0 Å². The number of fused-ring (bicyclic) bond motifs is 1. The highest BCUT2D eigenvalue weighted by molar-refractivity contribution is 6.08. The molecule has 0 spiro atoms. The number of carbonyl (C=O) groups excluding carboxylic acids is 1. The second-order valence-electron chi connectivity index (χ2n) is 5.89. The average molecular weight is 294 g/mol. The number of nitrogens with zero attached hydrogens (tertiary/aromatic N) is 2. The topological polar surface area (TPSA) is 23.6 Å². The van der Waals surface area contributed by atoms with Crippen molar-refractivity contribution in [3.63, 3.8) is 0 Å². The van der Waals surface area contributed by atoms with Gasteiger partial charge in [-0.3, -0.25) is 4.79 Å². The van der Waals surface area contributed by atoms with Crippen LogP contribution in [0, 0.1) is 6.92 Å². The predicted molar refractivity (Wildman–Crippen MR) is 91.8 cm³/mol. The molecule has 3 rings (SSSR count). The summed E-state index contributed by atoms with van der Waals surface area (Å²) in [5.74, 6) is 0.0893. The number of anilines is 2. The van der Waals surface area contributed by atoms with Crippen molar-refractivity contribution in [2.45, 2.75) is 19.8 Å². The van der Waals surface area contributed by atoms with Gasteiger partial charge in [-0.1, -0.05) is 30.3 Å². The molecule has 0 atom stereocenters. The summed E-state index contributed by atoms with van der Waals surface area (Å²) in [7, 11) is 2.11. The third kappa shape index (κ3) is 2.71. The van der Waals surface area contributed by atoms with E-state index in [1.54, 1.807) is 0 Å². The SMILES string of the molecule is Cc1cccc2c1N(C(=O)c1ccccc1)CCCCN2C. The Morgan fingerprint density at radius 2 is 1.68 bits per heavy atom. The number of rotatable bonds is 1. The number of amides is 1. The van der Waals surface area contributed by atoms with Gasteiger partial charge in [0.25, 0.3) is 5.91 Å². The first-order chi connectivity index (χ1) is 10.7. The lowest BCUT2D eigenvalue weighted by Gasteiger charge is -2.33. The lowest BCUT2D eigenvalue weighted by Crippen LogP contribution is -2.36. The second-order valence-corrected chi connectivity index (χ2v) is 5.89. The van der Waals surface area contributed by atoms with Crippen LogP contribution in [-0.4, -0.2) is 26.0 Å². The van der Waals surface area contributed by atoms with Crippen LogP contribution in [0.25, 0.3) is 0 Å². The van der Waals surface area contributed by atoms with Gasteiger partial charge in [-0.25, -0.2) is 0 Å². The minimum atomic E-state index is 0.0893. The van der Waals surface area contributed by atoms with Gasteiger partial charge in [0.1, 0.15) is 0 Å². The smallest absolute Gasteiger partial charge is 0.258 e. The Morgan fingerprint density at radius 1 is 0.955 bits per heavy atom. The van der Waals surface area contributed by atoms with Crippen molar-refractivity contribution >= 4 is 17.3 Å². The monoisotopic (exact) mass is 294 g/mol. The van der Waals surface area contributed by atoms with Crippen LogP contribution in [0.1, 0.15) is 28.8 Å². The summed E-state index contributed by atoms with van der Waals surface area (Å²) in [5, 5.41) is 0. The third-order valence-corrected chi connectivity index (χ3v) is 4.29. The van der Waals surface area contributed by atoms with Gasteiger partial charge in [0, 0.05) is 25.7 Å². The fraction of sp³-hybridized carbons (Fsp3) is 0.316. The van der Waals surface area contributed by atoms with Gasteiger partial charge in [0.15, 0.2) is 0 Å². The van der Waals surface area contributed by atoms with E-state index < -0.39 is 0 Å². The van der Waals surface area contributed by atoms with Crippen molar-refractivity contribution in [2.24, 2.45) is 0 Å². The molecule has 0 radical (unpaired) electrons. The van der Waals surface area contributed by atoms with Crippen LogP contribution in [0.4, 0.5) is 11.4 Å². The summed E-state index contributed by atoms with van der Waals surface area (Å²) in [4.78, 5) is 17.2. The minimum Gasteiger partial charge on any atom is -0.373 e. The molecule has 1 aliphatic rings. The van der Waals surface area contributed by atoms with Crippen molar-refractivity contribution < 1.29 is 4.79 Å². The number of hydrogen-bond donors (Lipinski definition) is 0. The number of para-hydroxylation sites is 1. The van der Waals surface area contributed by atoms with Crippen LogP contribution in [0.5, 0.6) is 0 Å². The molecular formula is C19H22N2O. The quantitative estimate of drug-likeness (QED) is 0.797. The molecule has 0 unspecified atom stereocenters. The standard InChI is InChI=1S/C19H22N2O/c1-15-9-8-12-17-18(15)21(14-7-6-13-20(17)2)19(22)16-10-4-3-5-11-16/h3-5,8-12H,6-7,13-14H2,1-2H3. The van der Waals surface area contributed by atoms with Crippen LogP contribution < -0.4 is 9.80 Å². The fourth-order valence-corrected chi connectivity index (χ4v) is 3.09. The Morgan fingerprint density at radius 3 is 2.45 bits per heavy atom. The highest BCUT2D eigenvalue weighted by Crippen LogP contribution is 2.35. The first-order valence-electron chi connectivity index (χ1n) is 7.86. The molecule has 114 valence electrons. The molecule has 3 nitrogen and oxygen atoms in total. The Labute approximate surface area is 132 Å². The van der Waals surface area contributed by atoms with E-state index in [1.807, 2.05) is 35.2 Å². The van der Waals surface area contributed by atoms with Crippen LogP contribution in [0.2, 0.25) is 0 Å². The molecule has 0 aromatic heterocycles. The maximum Gasteiger partial charge on any atom is 0.258 e. The van der Waals surface area contributed by atoms with E-state index in [-0.39, 0.29) is 5.91 Å². The second kappa shape index (κ2) is 6.22. The van der Waals surface area contributed by atoms with E-state index in [4.69, 9.17) is 0 Å². The Hall–Kier alpha value is -2.29. The number of aryl methyl sites for hydroxylation is 1. The molecule has 2 aromatic rings. The molecule has 0 fully saturated rings. The van der Waals surface area contributed by atoms with E-state index in [2.05, 4.69) is 37.1 Å². The van der Waals surface area contributed by atoms with Gasteiger partial charge >= 0.3 is 0 Å². The van der Waals surface area contributed by atoms with Gasteiger partial charge < -0.3 is 9.80 Å². The van der Waals surface area contributed by atoms with Crippen LogP contribution in [0.15, 0.2) is 48.5 Å². The molecule has 1 amide bonds. The maximum absolute atomic E-state index is 13.0. The molecule has 0 saturated heterocycles. The van der Waals surface area contributed by atoms with E-state index >= 15 is 0 Å². The Balaban J connectivity index is 2.08. The molecule has 0 saturated carbocycles. The first kappa shape index (κ1) is 14.6. The van der Waals surface area contributed by atoms with Crippen LogP contribution in [0.3, 0.4) is 0 Å². The molecule has 1 heterocycles. The van der Waals surface area contributed by atoms with Crippen molar-refractivity contribution in [2.75, 3.05) is 29.9 Å². The summed E-state index contributed by atoms with van der Waals surface area (Å²) in [6, 6.07) is 15.8. The average Bonchev–Trinajstić information content (AvgIpc) is 2.54. The molecule has 0 N–H and O–H groups in total. The number of hydrogen-bond acceptors (Lipinski definition) is 2. The molecule has 0 aliphatic carbocycles. The number of carbonyl (C=O) groups is 1. The van der Waals surface area contributed by atoms with Gasteiger partial charge in [-0.15, -0.1) is 0 Å². The van der Waals surface area contributed by atoms with Crippen LogP contribution in [-0.2, 0) is 0 Å². The normalized spacial score (nSPS) is 15.0. The molecule has 1 aliphatic heterocycles. The van der Waals surface area contributed by atoms with Gasteiger partial charge in [-0.05, 0) is 43.5 Å². The highest BCUT2D eigenvalue weighted by atomic mass is 16.2. The largest absolute Gasteiger partial charge is 0.373 e.